The molecule has 0 saturated carbocycles. The molecule has 1 aliphatic heterocycles. The van der Waals surface area contributed by atoms with Crippen LogP contribution >= 0.6 is 0 Å². The van der Waals surface area contributed by atoms with Crippen LogP contribution in [0.4, 0.5) is 4.79 Å². The minimum absolute atomic E-state index is 0.0183. The summed E-state index contributed by atoms with van der Waals surface area (Å²) in [6, 6.07) is 4.05. The summed E-state index contributed by atoms with van der Waals surface area (Å²) < 4.78 is 5.51. The maximum absolute atomic E-state index is 12.4. The third kappa shape index (κ3) is 3.30. The molecule has 0 N–H and O–H groups in total. The van der Waals surface area contributed by atoms with Crippen molar-refractivity contribution in [3.63, 3.8) is 0 Å². The van der Waals surface area contributed by atoms with E-state index in [1.54, 1.807) is 0 Å². The van der Waals surface area contributed by atoms with E-state index in [4.69, 9.17) is 4.74 Å². The largest absolute Gasteiger partial charge is 0.444 e. The molecule has 1 aromatic heterocycles. The lowest BCUT2D eigenvalue weighted by molar-refractivity contribution is 0.0205. The Kier molecular flexibility index (Phi) is 4.02. The highest BCUT2D eigenvalue weighted by Gasteiger charge is 2.38. The number of likely N-dealkylation sites (tertiary alicyclic amines) is 1. The molecule has 0 aromatic carbocycles. The molecule has 1 saturated heterocycles. The summed E-state index contributed by atoms with van der Waals surface area (Å²) in [6.07, 6.45) is 2.55. The lowest BCUT2D eigenvalue weighted by Gasteiger charge is -2.29. The monoisotopic (exact) mass is 276 g/mol. The SMILES string of the molecule is Cc1ccnc(C2[C@@H](C)CCN2C(=O)OC(C)(C)C)c1. The maximum Gasteiger partial charge on any atom is 0.410 e. The molecule has 4 heteroatoms. The van der Waals surface area contributed by atoms with Gasteiger partial charge in [0.05, 0.1) is 11.7 Å². The minimum Gasteiger partial charge on any atom is -0.444 e. The number of ether oxygens (including phenoxy) is 1. The number of rotatable bonds is 1. The lowest BCUT2D eigenvalue weighted by Crippen LogP contribution is -2.37. The van der Waals surface area contributed by atoms with Gasteiger partial charge in [0, 0.05) is 12.7 Å². The van der Waals surface area contributed by atoms with Gasteiger partial charge in [-0.1, -0.05) is 6.92 Å². The summed E-state index contributed by atoms with van der Waals surface area (Å²) in [6.45, 7) is 10.6. The minimum atomic E-state index is -0.465. The Morgan fingerprint density at radius 1 is 1.45 bits per heavy atom. The molecular weight excluding hydrogens is 252 g/mol. The smallest absolute Gasteiger partial charge is 0.410 e. The van der Waals surface area contributed by atoms with Crippen molar-refractivity contribution >= 4 is 6.09 Å². The molecule has 0 radical (unpaired) electrons. The van der Waals surface area contributed by atoms with Crippen LogP contribution in [-0.4, -0.2) is 28.1 Å². The summed E-state index contributed by atoms with van der Waals surface area (Å²) >= 11 is 0. The number of aryl methyl sites for hydroxylation is 1. The second-order valence-electron chi connectivity index (χ2n) is 6.64. The molecule has 2 atom stereocenters. The Morgan fingerprint density at radius 3 is 2.75 bits per heavy atom. The van der Waals surface area contributed by atoms with Crippen LogP contribution in [0.2, 0.25) is 0 Å². The summed E-state index contributed by atoms with van der Waals surface area (Å²) in [4.78, 5) is 18.6. The van der Waals surface area contributed by atoms with Gasteiger partial charge in [-0.3, -0.25) is 9.88 Å². The number of carbonyl (C=O) groups is 1. The van der Waals surface area contributed by atoms with E-state index in [1.165, 1.54) is 5.56 Å². The highest BCUT2D eigenvalue weighted by atomic mass is 16.6. The summed E-state index contributed by atoms with van der Waals surface area (Å²) in [5.41, 5.74) is 1.66. The van der Waals surface area contributed by atoms with Gasteiger partial charge in [-0.2, -0.15) is 0 Å². The first-order chi connectivity index (χ1) is 9.28. The van der Waals surface area contributed by atoms with Crippen LogP contribution in [0.15, 0.2) is 18.3 Å². The zero-order valence-corrected chi connectivity index (χ0v) is 13.0. The fourth-order valence-electron chi connectivity index (χ4n) is 2.64. The number of carbonyl (C=O) groups excluding carboxylic acids is 1. The summed E-state index contributed by atoms with van der Waals surface area (Å²) in [7, 11) is 0. The molecule has 1 unspecified atom stereocenters. The van der Waals surface area contributed by atoms with Crippen molar-refractivity contribution in [3.8, 4) is 0 Å². The number of amides is 1. The molecule has 1 aliphatic rings. The van der Waals surface area contributed by atoms with Crippen molar-refractivity contribution in [1.29, 1.82) is 0 Å². The van der Waals surface area contributed by atoms with Crippen molar-refractivity contribution in [2.45, 2.75) is 52.7 Å². The number of aromatic nitrogens is 1. The molecule has 1 aromatic rings. The van der Waals surface area contributed by atoms with Crippen molar-refractivity contribution in [1.82, 2.24) is 9.88 Å². The van der Waals surface area contributed by atoms with Crippen molar-refractivity contribution in [2.75, 3.05) is 6.54 Å². The van der Waals surface area contributed by atoms with Crippen LogP contribution in [0.25, 0.3) is 0 Å². The van der Waals surface area contributed by atoms with Gasteiger partial charge in [0.1, 0.15) is 5.60 Å². The van der Waals surface area contributed by atoms with Crippen LogP contribution in [0.3, 0.4) is 0 Å². The second kappa shape index (κ2) is 5.43. The van der Waals surface area contributed by atoms with Crippen LogP contribution in [0.5, 0.6) is 0 Å². The average molecular weight is 276 g/mol. The first-order valence-electron chi connectivity index (χ1n) is 7.20. The Morgan fingerprint density at radius 2 is 2.15 bits per heavy atom. The highest BCUT2D eigenvalue weighted by Crippen LogP contribution is 2.37. The number of hydrogen-bond acceptors (Lipinski definition) is 3. The standard InChI is InChI=1S/C16H24N2O2/c1-11-6-8-17-13(10-11)14-12(2)7-9-18(14)15(19)20-16(3,4)5/h6,8,10,12,14H,7,9H2,1-5H3/t12-,14?/m0/s1. The van der Waals surface area contributed by atoms with Crippen LogP contribution in [-0.2, 0) is 4.74 Å². The van der Waals surface area contributed by atoms with E-state index in [-0.39, 0.29) is 12.1 Å². The van der Waals surface area contributed by atoms with Crippen molar-refractivity contribution in [2.24, 2.45) is 5.92 Å². The fraction of sp³-hybridized carbons (Fsp3) is 0.625. The maximum atomic E-state index is 12.4. The predicted molar refractivity (Wildman–Crippen MR) is 78.4 cm³/mol. The van der Waals surface area contributed by atoms with Gasteiger partial charge >= 0.3 is 6.09 Å². The third-order valence-electron chi connectivity index (χ3n) is 3.57. The molecule has 0 spiro atoms. The van der Waals surface area contributed by atoms with Crippen molar-refractivity contribution < 1.29 is 9.53 Å². The van der Waals surface area contributed by atoms with Gasteiger partial charge in [-0.15, -0.1) is 0 Å². The van der Waals surface area contributed by atoms with Gasteiger partial charge in [0.2, 0.25) is 0 Å². The first kappa shape index (κ1) is 14.8. The topological polar surface area (TPSA) is 42.4 Å². The third-order valence-corrected chi connectivity index (χ3v) is 3.57. The van der Waals surface area contributed by atoms with E-state index < -0.39 is 5.60 Å². The normalized spacial score (nSPS) is 22.9. The zero-order valence-electron chi connectivity index (χ0n) is 13.0. The van der Waals surface area contributed by atoms with Crippen LogP contribution < -0.4 is 0 Å². The van der Waals surface area contributed by atoms with Gasteiger partial charge < -0.3 is 4.74 Å². The summed E-state index contributed by atoms with van der Waals surface area (Å²) in [5.74, 6) is 0.400. The molecule has 0 bridgehead atoms. The van der Waals surface area contributed by atoms with E-state index >= 15 is 0 Å². The lowest BCUT2D eigenvalue weighted by atomic mass is 9.99. The molecule has 4 nitrogen and oxygen atoms in total. The van der Waals surface area contributed by atoms with Crippen LogP contribution in [0, 0.1) is 12.8 Å². The van der Waals surface area contributed by atoms with E-state index in [1.807, 2.05) is 44.9 Å². The molecule has 1 amide bonds. The molecule has 1 fully saturated rings. The summed E-state index contributed by atoms with van der Waals surface area (Å²) in [5, 5.41) is 0. The fourth-order valence-corrected chi connectivity index (χ4v) is 2.64. The highest BCUT2D eigenvalue weighted by molar-refractivity contribution is 5.69. The predicted octanol–water partition coefficient (Wildman–Crippen LogP) is 3.71. The van der Waals surface area contributed by atoms with Crippen LogP contribution in [0.1, 0.15) is 51.4 Å². The second-order valence-corrected chi connectivity index (χ2v) is 6.64. The van der Waals surface area contributed by atoms with E-state index in [0.717, 1.165) is 18.7 Å². The molecular formula is C16H24N2O2. The van der Waals surface area contributed by atoms with Gasteiger partial charge in [0.15, 0.2) is 0 Å². The molecule has 0 aliphatic carbocycles. The quantitative estimate of drug-likeness (QED) is 0.785. The Balaban J connectivity index is 2.23. The van der Waals surface area contributed by atoms with Gasteiger partial charge in [-0.25, -0.2) is 4.79 Å². The Bertz CT molecular complexity index is 493. The van der Waals surface area contributed by atoms with E-state index in [2.05, 4.69) is 18.0 Å². The number of nitrogens with zero attached hydrogens (tertiary/aromatic N) is 2. The number of hydrogen-bond donors (Lipinski definition) is 0. The molecule has 20 heavy (non-hydrogen) atoms. The zero-order chi connectivity index (χ0) is 14.9. The van der Waals surface area contributed by atoms with Gasteiger partial charge in [-0.05, 0) is 57.7 Å². The van der Waals surface area contributed by atoms with E-state index in [0.29, 0.717) is 5.92 Å². The average Bonchev–Trinajstić information content (AvgIpc) is 2.69. The molecule has 2 rings (SSSR count). The molecule has 110 valence electrons. The molecule has 2 heterocycles. The Labute approximate surface area is 121 Å². The Hall–Kier alpha value is -1.58. The van der Waals surface area contributed by atoms with Crippen molar-refractivity contribution in [3.05, 3.63) is 29.6 Å². The first-order valence-corrected chi connectivity index (χ1v) is 7.20. The van der Waals surface area contributed by atoms with Gasteiger partial charge in [0.25, 0.3) is 0 Å². The number of pyridine rings is 1. The van der Waals surface area contributed by atoms with E-state index in [9.17, 15) is 4.79 Å².